The molecule has 0 unspecified atom stereocenters. The van der Waals surface area contributed by atoms with Crippen molar-refractivity contribution in [3.8, 4) is 0 Å². The lowest BCUT2D eigenvalue weighted by atomic mass is 10.1. The van der Waals surface area contributed by atoms with Crippen molar-refractivity contribution in [2.24, 2.45) is 0 Å². The predicted molar refractivity (Wildman–Crippen MR) is 131 cm³/mol. The van der Waals surface area contributed by atoms with E-state index in [1.807, 2.05) is 18.2 Å². The van der Waals surface area contributed by atoms with E-state index in [4.69, 9.17) is 9.47 Å². The van der Waals surface area contributed by atoms with Gasteiger partial charge in [-0.25, -0.2) is 0 Å². The van der Waals surface area contributed by atoms with E-state index >= 15 is 0 Å². The number of hydrogen-bond acceptors (Lipinski definition) is 2. The number of rotatable bonds is 9. The zero-order valence-corrected chi connectivity index (χ0v) is 18.6. The fraction of sp³-hybridized carbons (Fsp3) is 0.143. The second-order valence-corrected chi connectivity index (χ2v) is 9.49. The van der Waals surface area contributed by atoms with Gasteiger partial charge in [0.2, 0.25) is 0 Å². The van der Waals surface area contributed by atoms with Crippen LogP contribution >= 0.6 is 7.92 Å². The van der Waals surface area contributed by atoms with Crippen LogP contribution < -0.4 is 15.9 Å². The largest absolute Gasteiger partial charge is 0.382 e. The molecule has 2 nitrogen and oxygen atoms in total. The van der Waals surface area contributed by atoms with Crippen LogP contribution in [0, 0.1) is 0 Å². The lowest BCUT2D eigenvalue weighted by Gasteiger charge is -2.24. The van der Waals surface area contributed by atoms with E-state index < -0.39 is 7.92 Å². The van der Waals surface area contributed by atoms with Crippen molar-refractivity contribution in [1.82, 2.24) is 0 Å². The summed E-state index contributed by atoms with van der Waals surface area (Å²) in [5.41, 5.74) is 2.36. The van der Waals surface area contributed by atoms with Crippen LogP contribution in [0.15, 0.2) is 115 Å². The second kappa shape index (κ2) is 11.0. The third-order valence-corrected chi connectivity index (χ3v) is 7.74. The Morgan fingerprint density at radius 3 is 1.74 bits per heavy atom. The van der Waals surface area contributed by atoms with Crippen LogP contribution in [0.4, 0.5) is 0 Å². The zero-order chi connectivity index (χ0) is 21.3. The summed E-state index contributed by atoms with van der Waals surface area (Å²) >= 11 is 0. The SMILES string of the molecule is COC[C@H](OCc1ccccc1P(c1ccccc1)c1ccccc1)c1ccccc1. The highest BCUT2D eigenvalue weighted by atomic mass is 31.1. The molecule has 0 aliphatic heterocycles. The summed E-state index contributed by atoms with van der Waals surface area (Å²) in [7, 11) is 1.05. The minimum Gasteiger partial charge on any atom is -0.382 e. The lowest BCUT2D eigenvalue weighted by molar-refractivity contribution is -0.0125. The summed E-state index contributed by atoms with van der Waals surface area (Å²) in [5, 5.41) is 4.01. The first kappa shape index (κ1) is 21.5. The van der Waals surface area contributed by atoms with E-state index in [0.29, 0.717) is 13.2 Å². The van der Waals surface area contributed by atoms with Gasteiger partial charge in [0.25, 0.3) is 0 Å². The van der Waals surface area contributed by atoms with Crippen molar-refractivity contribution in [2.45, 2.75) is 12.7 Å². The van der Waals surface area contributed by atoms with Crippen LogP contribution in [0.3, 0.4) is 0 Å². The fourth-order valence-electron chi connectivity index (χ4n) is 3.68. The first-order chi connectivity index (χ1) is 15.4. The molecule has 3 heteroatoms. The van der Waals surface area contributed by atoms with Crippen LogP contribution in [0.25, 0.3) is 0 Å². The molecule has 4 aromatic rings. The van der Waals surface area contributed by atoms with Crippen molar-refractivity contribution in [3.05, 3.63) is 126 Å². The molecule has 0 saturated carbocycles. The van der Waals surface area contributed by atoms with Crippen LogP contribution in [0.2, 0.25) is 0 Å². The maximum absolute atomic E-state index is 6.40. The van der Waals surface area contributed by atoms with Gasteiger partial charge in [-0.2, -0.15) is 0 Å². The van der Waals surface area contributed by atoms with E-state index in [2.05, 4.69) is 97.1 Å². The molecule has 4 aromatic carbocycles. The van der Waals surface area contributed by atoms with Gasteiger partial charge in [-0.05, 0) is 35.0 Å². The summed E-state index contributed by atoms with van der Waals surface area (Å²) in [6.07, 6.45) is -0.0982. The summed E-state index contributed by atoms with van der Waals surface area (Å²) in [5.74, 6) is 0. The molecular weight excluding hydrogens is 399 g/mol. The molecule has 0 radical (unpaired) electrons. The number of ether oxygens (including phenoxy) is 2. The molecule has 156 valence electrons. The summed E-state index contributed by atoms with van der Waals surface area (Å²) in [6, 6.07) is 40.5. The smallest absolute Gasteiger partial charge is 0.106 e. The van der Waals surface area contributed by atoms with Gasteiger partial charge in [-0.3, -0.25) is 0 Å². The minimum atomic E-state index is -0.671. The average Bonchev–Trinajstić information content (AvgIpc) is 2.85. The van der Waals surface area contributed by atoms with Crippen LogP contribution in [0.1, 0.15) is 17.2 Å². The summed E-state index contributed by atoms with van der Waals surface area (Å²) in [4.78, 5) is 0. The van der Waals surface area contributed by atoms with E-state index in [0.717, 1.165) is 5.56 Å². The highest BCUT2D eigenvalue weighted by molar-refractivity contribution is 7.79. The molecule has 0 aromatic heterocycles. The standard InChI is InChI=1S/C28H27O2P/c1-29-22-27(23-13-5-2-6-14-23)30-21-24-15-11-12-20-28(24)31(25-16-7-3-8-17-25)26-18-9-4-10-19-26/h2-20,27H,21-22H2,1H3/t27-/m0/s1. The third kappa shape index (κ3) is 5.48. The minimum absolute atomic E-state index is 0.0982. The van der Waals surface area contributed by atoms with Gasteiger partial charge in [-0.1, -0.05) is 115 Å². The van der Waals surface area contributed by atoms with Gasteiger partial charge >= 0.3 is 0 Å². The molecule has 4 rings (SSSR count). The van der Waals surface area contributed by atoms with Crippen molar-refractivity contribution in [1.29, 1.82) is 0 Å². The molecule has 0 saturated heterocycles. The average molecular weight is 426 g/mol. The van der Waals surface area contributed by atoms with Crippen molar-refractivity contribution in [2.75, 3.05) is 13.7 Å². The van der Waals surface area contributed by atoms with Crippen molar-refractivity contribution < 1.29 is 9.47 Å². The highest BCUT2D eigenvalue weighted by Crippen LogP contribution is 2.34. The first-order valence-corrected chi connectivity index (χ1v) is 11.8. The normalized spacial score (nSPS) is 12.1. The van der Waals surface area contributed by atoms with E-state index in [9.17, 15) is 0 Å². The van der Waals surface area contributed by atoms with Gasteiger partial charge in [0.1, 0.15) is 6.10 Å². The zero-order valence-electron chi connectivity index (χ0n) is 17.7. The Morgan fingerprint density at radius 1 is 0.645 bits per heavy atom. The Balaban J connectivity index is 1.66. The van der Waals surface area contributed by atoms with Crippen LogP contribution in [0.5, 0.6) is 0 Å². The molecule has 0 aliphatic carbocycles. The Bertz CT molecular complexity index is 1010. The Morgan fingerprint density at radius 2 is 1.16 bits per heavy atom. The molecule has 1 atom stereocenters. The Kier molecular flexibility index (Phi) is 7.63. The van der Waals surface area contributed by atoms with Crippen LogP contribution in [-0.2, 0) is 16.1 Å². The first-order valence-electron chi connectivity index (χ1n) is 10.5. The number of benzene rings is 4. The van der Waals surface area contributed by atoms with E-state index in [-0.39, 0.29) is 6.10 Å². The van der Waals surface area contributed by atoms with Crippen molar-refractivity contribution in [3.63, 3.8) is 0 Å². The molecule has 0 N–H and O–H groups in total. The van der Waals surface area contributed by atoms with E-state index in [1.165, 1.54) is 21.5 Å². The predicted octanol–water partition coefficient (Wildman–Crippen LogP) is 5.35. The topological polar surface area (TPSA) is 18.5 Å². The molecule has 0 fully saturated rings. The Hall–Kier alpha value is -2.77. The summed E-state index contributed by atoms with van der Waals surface area (Å²) in [6.45, 7) is 1.07. The molecule has 0 heterocycles. The Labute approximate surface area is 186 Å². The fourth-order valence-corrected chi connectivity index (χ4v) is 6.14. The van der Waals surface area contributed by atoms with E-state index in [1.54, 1.807) is 7.11 Å². The van der Waals surface area contributed by atoms with Gasteiger partial charge in [0.05, 0.1) is 13.2 Å². The lowest BCUT2D eigenvalue weighted by Crippen LogP contribution is -2.24. The maximum Gasteiger partial charge on any atom is 0.106 e. The molecule has 31 heavy (non-hydrogen) atoms. The van der Waals surface area contributed by atoms with Crippen LogP contribution in [-0.4, -0.2) is 13.7 Å². The number of methoxy groups -OCH3 is 1. The third-order valence-electron chi connectivity index (χ3n) is 5.19. The monoisotopic (exact) mass is 426 g/mol. The maximum atomic E-state index is 6.40. The second-order valence-electron chi connectivity index (χ2n) is 7.30. The molecule has 0 spiro atoms. The molecule has 0 bridgehead atoms. The van der Waals surface area contributed by atoms with Gasteiger partial charge in [0, 0.05) is 7.11 Å². The quantitative estimate of drug-likeness (QED) is 0.336. The van der Waals surface area contributed by atoms with Crippen molar-refractivity contribution >= 4 is 23.8 Å². The molecule has 0 amide bonds. The van der Waals surface area contributed by atoms with Gasteiger partial charge in [-0.15, -0.1) is 0 Å². The molecular formula is C28H27O2P. The summed E-state index contributed by atoms with van der Waals surface area (Å²) < 4.78 is 11.8. The van der Waals surface area contributed by atoms with Gasteiger partial charge < -0.3 is 9.47 Å². The van der Waals surface area contributed by atoms with Gasteiger partial charge in [0.15, 0.2) is 0 Å². The highest BCUT2D eigenvalue weighted by Gasteiger charge is 2.20. The molecule has 0 aliphatic rings. The number of hydrogen-bond donors (Lipinski definition) is 0.